The molecule has 0 aromatic heterocycles. The van der Waals surface area contributed by atoms with Gasteiger partial charge >= 0.3 is 0 Å². The first-order valence-corrected chi connectivity index (χ1v) is 7.38. The van der Waals surface area contributed by atoms with Crippen molar-refractivity contribution in [1.29, 1.82) is 0 Å². The van der Waals surface area contributed by atoms with E-state index in [0.717, 1.165) is 31.5 Å². The van der Waals surface area contributed by atoms with Crippen LogP contribution >= 0.6 is 0 Å². The number of piperidine rings is 1. The lowest BCUT2D eigenvalue weighted by atomic mass is 9.98. The summed E-state index contributed by atoms with van der Waals surface area (Å²) in [5, 5.41) is 6.29. The van der Waals surface area contributed by atoms with Gasteiger partial charge in [0.1, 0.15) is 0 Å². The van der Waals surface area contributed by atoms with Crippen molar-refractivity contribution in [1.82, 2.24) is 10.6 Å². The van der Waals surface area contributed by atoms with Crippen LogP contribution in [0.1, 0.15) is 25.3 Å². The van der Waals surface area contributed by atoms with Gasteiger partial charge in [-0.15, -0.1) is 0 Å². The minimum atomic E-state index is 0.0492. The summed E-state index contributed by atoms with van der Waals surface area (Å²) < 4.78 is 5.64. The fourth-order valence-corrected chi connectivity index (χ4v) is 2.41. The van der Waals surface area contributed by atoms with Gasteiger partial charge in [-0.25, -0.2) is 0 Å². The standard InChI is InChI=1S/C16H24N2O2/c1-13(11-20-12-14-6-3-2-4-7-14)18-16(19)15-8-5-9-17-10-15/h2-4,6-7,13,15,17H,5,8-12H2,1H3,(H,18,19). The van der Waals surface area contributed by atoms with Gasteiger partial charge in [0, 0.05) is 12.6 Å². The number of carbonyl (C=O) groups excluding carboxylic acids is 1. The Bertz CT molecular complexity index is 402. The van der Waals surface area contributed by atoms with Crippen LogP contribution in [0, 0.1) is 5.92 Å². The molecule has 1 aromatic carbocycles. The molecule has 0 spiro atoms. The van der Waals surface area contributed by atoms with E-state index in [1.54, 1.807) is 0 Å². The Balaban J connectivity index is 1.64. The molecule has 1 amide bonds. The molecule has 0 bridgehead atoms. The molecule has 1 fully saturated rings. The summed E-state index contributed by atoms with van der Waals surface area (Å²) in [6.45, 7) is 4.94. The lowest BCUT2D eigenvalue weighted by Gasteiger charge is -2.24. The molecule has 1 aliphatic heterocycles. The van der Waals surface area contributed by atoms with E-state index in [9.17, 15) is 4.79 Å². The number of hydrogen-bond acceptors (Lipinski definition) is 3. The van der Waals surface area contributed by atoms with Crippen molar-refractivity contribution in [2.45, 2.75) is 32.4 Å². The fraction of sp³-hybridized carbons (Fsp3) is 0.562. The molecule has 1 heterocycles. The number of carbonyl (C=O) groups is 1. The first-order valence-electron chi connectivity index (χ1n) is 7.38. The van der Waals surface area contributed by atoms with E-state index in [4.69, 9.17) is 4.74 Å². The number of ether oxygens (including phenoxy) is 1. The highest BCUT2D eigenvalue weighted by Crippen LogP contribution is 2.10. The third kappa shape index (κ3) is 4.94. The largest absolute Gasteiger partial charge is 0.375 e. The number of nitrogens with one attached hydrogen (secondary N) is 2. The molecule has 1 saturated heterocycles. The van der Waals surface area contributed by atoms with Gasteiger partial charge in [0.05, 0.1) is 19.1 Å². The maximum Gasteiger partial charge on any atom is 0.224 e. The third-order valence-electron chi connectivity index (χ3n) is 3.54. The van der Waals surface area contributed by atoms with E-state index in [1.807, 2.05) is 37.3 Å². The van der Waals surface area contributed by atoms with E-state index in [0.29, 0.717) is 13.2 Å². The quantitative estimate of drug-likeness (QED) is 0.831. The summed E-state index contributed by atoms with van der Waals surface area (Å²) in [7, 11) is 0. The Labute approximate surface area is 120 Å². The number of amides is 1. The molecule has 4 heteroatoms. The minimum absolute atomic E-state index is 0.0492. The summed E-state index contributed by atoms with van der Waals surface area (Å²) in [6, 6.07) is 10.1. The highest BCUT2D eigenvalue weighted by atomic mass is 16.5. The van der Waals surface area contributed by atoms with Gasteiger partial charge in [-0.3, -0.25) is 4.79 Å². The topological polar surface area (TPSA) is 50.4 Å². The van der Waals surface area contributed by atoms with Gasteiger partial charge in [-0.2, -0.15) is 0 Å². The van der Waals surface area contributed by atoms with Gasteiger partial charge in [0.15, 0.2) is 0 Å². The molecule has 4 nitrogen and oxygen atoms in total. The van der Waals surface area contributed by atoms with Gasteiger partial charge in [-0.05, 0) is 31.9 Å². The van der Waals surface area contributed by atoms with Crippen LogP contribution in [0.3, 0.4) is 0 Å². The molecule has 2 unspecified atom stereocenters. The highest BCUT2D eigenvalue weighted by molar-refractivity contribution is 5.79. The monoisotopic (exact) mass is 276 g/mol. The minimum Gasteiger partial charge on any atom is -0.375 e. The summed E-state index contributed by atoms with van der Waals surface area (Å²) >= 11 is 0. The van der Waals surface area contributed by atoms with Crippen LogP contribution in [0.2, 0.25) is 0 Å². The number of rotatable bonds is 6. The van der Waals surface area contributed by atoms with E-state index >= 15 is 0 Å². The van der Waals surface area contributed by atoms with Gasteiger partial charge in [0.2, 0.25) is 5.91 Å². The first-order chi connectivity index (χ1) is 9.75. The molecule has 2 rings (SSSR count). The Morgan fingerprint density at radius 1 is 1.45 bits per heavy atom. The molecule has 2 N–H and O–H groups in total. The Kier molecular flexibility index (Phi) is 6.02. The molecule has 0 radical (unpaired) electrons. The van der Waals surface area contributed by atoms with Gasteiger partial charge in [-0.1, -0.05) is 30.3 Å². The molecule has 1 aliphatic rings. The lowest BCUT2D eigenvalue weighted by Crippen LogP contribution is -2.44. The van der Waals surface area contributed by atoms with Crippen LogP contribution in [-0.4, -0.2) is 31.6 Å². The smallest absolute Gasteiger partial charge is 0.224 e. The average Bonchev–Trinajstić information content (AvgIpc) is 2.49. The van der Waals surface area contributed by atoms with Crippen molar-refractivity contribution in [3.63, 3.8) is 0 Å². The molecule has 110 valence electrons. The van der Waals surface area contributed by atoms with Crippen LogP contribution < -0.4 is 10.6 Å². The molecule has 20 heavy (non-hydrogen) atoms. The van der Waals surface area contributed by atoms with Crippen molar-refractivity contribution in [2.24, 2.45) is 5.92 Å². The first kappa shape index (κ1) is 15.0. The zero-order chi connectivity index (χ0) is 14.2. The zero-order valence-corrected chi connectivity index (χ0v) is 12.1. The van der Waals surface area contributed by atoms with E-state index in [1.165, 1.54) is 0 Å². The lowest BCUT2D eigenvalue weighted by molar-refractivity contribution is -0.126. The molecular weight excluding hydrogens is 252 g/mol. The summed E-state index contributed by atoms with van der Waals surface area (Å²) in [5.74, 6) is 0.258. The van der Waals surface area contributed by atoms with Crippen molar-refractivity contribution in [3.05, 3.63) is 35.9 Å². The van der Waals surface area contributed by atoms with E-state index < -0.39 is 0 Å². The molecule has 2 atom stereocenters. The second kappa shape index (κ2) is 8.02. The summed E-state index contributed by atoms with van der Waals surface area (Å²) in [6.07, 6.45) is 2.06. The van der Waals surface area contributed by atoms with Gasteiger partial charge in [0.25, 0.3) is 0 Å². The van der Waals surface area contributed by atoms with Crippen LogP contribution in [0.25, 0.3) is 0 Å². The summed E-state index contributed by atoms with van der Waals surface area (Å²) in [5.41, 5.74) is 1.16. The van der Waals surface area contributed by atoms with Crippen LogP contribution in [0.5, 0.6) is 0 Å². The van der Waals surface area contributed by atoms with E-state index in [-0.39, 0.29) is 17.9 Å². The Hall–Kier alpha value is -1.39. The summed E-state index contributed by atoms with van der Waals surface area (Å²) in [4.78, 5) is 12.0. The fourth-order valence-electron chi connectivity index (χ4n) is 2.41. The second-order valence-electron chi connectivity index (χ2n) is 5.45. The van der Waals surface area contributed by atoms with Crippen LogP contribution in [0.15, 0.2) is 30.3 Å². The van der Waals surface area contributed by atoms with E-state index in [2.05, 4.69) is 10.6 Å². The molecule has 0 aliphatic carbocycles. The van der Waals surface area contributed by atoms with Crippen molar-refractivity contribution in [2.75, 3.05) is 19.7 Å². The Morgan fingerprint density at radius 2 is 2.25 bits per heavy atom. The SMILES string of the molecule is CC(COCc1ccccc1)NC(=O)C1CCCNC1. The molecule has 1 aromatic rings. The predicted molar refractivity (Wildman–Crippen MR) is 79.3 cm³/mol. The van der Waals surface area contributed by atoms with Crippen molar-refractivity contribution >= 4 is 5.91 Å². The third-order valence-corrected chi connectivity index (χ3v) is 3.54. The predicted octanol–water partition coefficient (Wildman–Crippen LogP) is 1.71. The van der Waals surface area contributed by atoms with Crippen LogP contribution in [0.4, 0.5) is 0 Å². The van der Waals surface area contributed by atoms with Crippen LogP contribution in [-0.2, 0) is 16.1 Å². The van der Waals surface area contributed by atoms with Gasteiger partial charge < -0.3 is 15.4 Å². The second-order valence-corrected chi connectivity index (χ2v) is 5.45. The van der Waals surface area contributed by atoms with Crippen molar-refractivity contribution < 1.29 is 9.53 Å². The Morgan fingerprint density at radius 3 is 2.95 bits per heavy atom. The van der Waals surface area contributed by atoms with Crippen molar-refractivity contribution in [3.8, 4) is 0 Å². The molecule has 0 saturated carbocycles. The zero-order valence-electron chi connectivity index (χ0n) is 12.1. The number of hydrogen-bond donors (Lipinski definition) is 2. The maximum atomic E-state index is 12.0. The average molecular weight is 276 g/mol. The maximum absolute atomic E-state index is 12.0. The molecular formula is C16H24N2O2. The number of benzene rings is 1. The normalized spacial score (nSPS) is 20.4. The highest BCUT2D eigenvalue weighted by Gasteiger charge is 2.21.